The number of benzene rings is 1. The number of nitrogens with one attached hydrogen (secondary N) is 2. The molecule has 0 fully saturated rings. The highest BCUT2D eigenvalue weighted by molar-refractivity contribution is 6.42. The van der Waals surface area contributed by atoms with Crippen molar-refractivity contribution in [1.82, 2.24) is 10.6 Å². The van der Waals surface area contributed by atoms with Crippen LogP contribution in [0.4, 0.5) is 0 Å². The van der Waals surface area contributed by atoms with E-state index in [2.05, 4.69) is 10.6 Å². The number of ether oxygens (including phenoxy) is 1. The van der Waals surface area contributed by atoms with E-state index in [9.17, 15) is 4.79 Å². The van der Waals surface area contributed by atoms with Gasteiger partial charge >= 0.3 is 0 Å². The summed E-state index contributed by atoms with van der Waals surface area (Å²) in [4.78, 5) is 12.0. The molecule has 0 saturated carbocycles. The van der Waals surface area contributed by atoms with Gasteiger partial charge < -0.3 is 15.4 Å². The number of rotatable bonds is 8. The van der Waals surface area contributed by atoms with Crippen molar-refractivity contribution in [2.75, 3.05) is 33.4 Å². The second kappa shape index (κ2) is 11.1. The molecular formula is C14H21Cl3N2O2. The highest BCUT2D eigenvalue weighted by atomic mass is 35.5. The average Bonchev–Trinajstić information content (AvgIpc) is 2.44. The molecule has 0 radical (unpaired) electrons. The van der Waals surface area contributed by atoms with Gasteiger partial charge in [-0.05, 0) is 24.6 Å². The lowest BCUT2D eigenvalue weighted by molar-refractivity contribution is -0.122. The zero-order valence-corrected chi connectivity index (χ0v) is 14.4. The molecule has 1 aromatic carbocycles. The van der Waals surface area contributed by atoms with Crippen molar-refractivity contribution in [2.45, 2.75) is 12.8 Å². The van der Waals surface area contributed by atoms with Gasteiger partial charge in [0.1, 0.15) is 0 Å². The van der Waals surface area contributed by atoms with E-state index in [0.29, 0.717) is 29.7 Å². The molecule has 0 aliphatic carbocycles. The summed E-state index contributed by atoms with van der Waals surface area (Å²) in [5.74, 6) is -0.291. The van der Waals surface area contributed by atoms with Crippen LogP contribution in [0.1, 0.15) is 18.4 Å². The van der Waals surface area contributed by atoms with E-state index < -0.39 is 0 Å². The third kappa shape index (κ3) is 7.34. The first kappa shape index (κ1) is 20.5. The normalized spacial score (nSPS) is 11.6. The molecule has 0 heterocycles. The molecule has 7 heteroatoms. The van der Waals surface area contributed by atoms with Crippen molar-refractivity contribution in [2.24, 2.45) is 0 Å². The first-order valence-corrected chi connectivity index (χ1v) is 7.24. The molecule has 0 aliphatic rings. The summed E-state index contributed by atoms with van der Waals surface area (Å²) in [5.41, 5.74) is 0.851. The van der Waals surface area contributed by atoms with Gasteiger partial charge in [0.05, 0.1) is 22.6 Å². The standard InChI is InChI=1S/C14H20Cl2N2O2.ClH/c1-10(11-3-4-12(15)13(16)9-11)14(19)18-6-5-17-7-8-20-2;/h3-4,9-10,17H,5-8H2,1-2H3,(H,18,19);1H. The van der Waals surface area contributed by atoms with Crippen molar-refractivity contribution < 1.29 is 9.53 Å². The van der Waals surface area contributed by atoms with Crippen LogP contribution in [-0.4, -0.2) is 39.3 Å². The van der Waals surface area contributed by atoms with Gasteiger partial charge in [-0.15, -0.1) is 12.4 Å². The lowest BCUT2D eigenvalue weighted by Crippen LogP contribution is -2.35. The summed E-state index contributed by atoms with van der Waals surface area (Å²) < 4.78 is 4.91. The third-order valence-corrected chi connectivity index (χ3v) is 3.66. The number of carbonyl (C=O) groups excluding carboxylic acids is 1. The van der Waals surface area contributed by atoms with Crippen LogP contribution in [0, 0.1) is 0 Å². The van der Waals surface area contributed by atoms with E-state index in [1.807, 2.05) is 13.0 Å². The van der Waals surface area contributed by atoms with Crippen LogP contribution in [0.3, 0.4) is 0 Å². The monoisotopic (exact) mass is 354 g/mol. The first-order chi connectivity index (χ1) is 9.56. The van der Waals surface area contributed by atoms with E-state index in [4.69, 9.17) is 27.9 Å². The maximum atomic E-state index is 12.0. The second-order valence-electron chi connectivity index (χ2n) is 4.43. The Hall–Kier alpha value is -0.520. The molecule has 1 atom stereocenters. The maximum absolute atomic E-state index is 12.0. The van der Waals surface area contributed by atoms with Gasteiger partial charge in [-0.25, -0.2) is 0 Å². The fourth-order valence-electron chi connectivity index (χ4n) is 1.66. The molecule has 0 aromatic heterocycles. The van der Waals surface area contributed by atoms with E-state index in [1.54, 1.807) is 19.2 Å². The molecule has 4 nitrogen and oxygen atoms in total. The van der Waals surface area contributed by atoms with E-state index in [0.717, 1.165) is 12.1 Å². The zero-order valence-electron chi connectivity index (χ0n) is 12.1. The molecular weight excluding hydrogens is 335 g/mol. The van der Waals surface area contributed by atoms with E-state index >= 15 is 0 Å². The highest BCUT2D eigenvalue weighted by Crippen LogP contribution is 2.26. The third-order valence-electron chi connectivity index (χ3n) is 2.92. The minimum Gasteiger partial charge on any atom is -0.383 e. The summed E-state index contributed by atoms with van der Waals surface area (Å²) in [7, 11) is 1.66. The number of carbonyl (C=O) groups is 1. The highest BCUT2D eigenvalue weighted by Gasteiger charge is 2.15. The summed E-state index contributed by atoms with van der Waals surface area (Å²) in [6.07, 6.45) is 0. The molecule has 1 amide bonds. The van der Waals surface area contributed by atoms with E-state index in [1.165, 1.54) is 0 Å². The summed E-state index contributed by atoms with van der Waals surface area (Å²) in [6.45, 7) is 4.56. The Bertz CT molecular complexity index is 444. The topological polar surface area (TPSA) is 50.4 Å². The Balaban J connectivity index is 0.00000400. The Morgan fingerprint density at radius 1 is 1.24 bits per heavy atom. The first-order valence-electron chi connectivity index (χ1n) is 6.48. The van der Waals surface area contributed by atoms with Crippen LogP contribution in [0.5, 0.6) is 0 Å². The number of hydrogen-bond acceptors (Lipinski definition) is 3. The van der Waals surface area contributed by atoms with Gasteiger partial charge in [-0.3, -0.25) is 4.79 Å². The Morgan fingerprint density at radius 3 is 2.57 bits per heavy atom. The van der Waals surface area contributed by atoms with Gasteiger partial charge in [0.2, 0.25) is 5.91 Å². The lowest BCUT2D eigenvalue weighted by atomic mass is 10.0. The van der Waals surface area contributed by atoms with Crippen molar-refractivity contribution in [1.29, 1.82) is 0 Å². The zero-order chi connectivity index (χ0) is 15.0. The molecule has 120 valence electrons. The van der Waals surface area contributed by atoms with Crippen LogP contribution in [0.15, 0.2) is 18.2 Å². The van der Waals surface area contributed by atoms with Gasteiger partial charge in [-0.2, -0.15) is 0 Å². The Kier molecular flexibility index (Phi) is 10.8. The van der Waals surface area contributed by atoms with Gasteiger partial charge in [0.15, 0.2) is 0 Å². The van der Waals surface area contributed by atoms with Gasteiger partial charge in [0, 0.05) is 26.7 Å². The molecule has 1 aromatic rings. The summed E-state index contributed by atoms with van der Waals surface area (Å²) in [6, 6.07) is 5.25. The number of methoxy groups -OCH3 is 1. The number of hydrogen-bond donors (Lipinski definition) is 2. The van der Waals surface area contributed by atoms with Crippen molar-refractivity contribution >= 4 is 41.5 Å². The lowest BCUT2D eigenvalue weighted by Gasteiger charge is -2.13. The maximum Gasteiger partial charge on any atom is 0.227 e. The largest absolute Gasteiger partial charge is 0.383 e. The molecule has 0 saturated heterocycles. The van der Waals surface area contributed by atoms with Crippen LogP contribution >= 0.6 is 35.6 Å². The summed E-state index contributed by atoms with van der Waals surface area (Å²) >= 11 is 11.8. The molecule has 0 spiro atoms. The minimum atomic E-state index is -0.260. The van der Waals surface area contributed by atoms with Crippen LogP contribution < -0.4 is 10.6 Å². The van der Waals surface area contributed by atoms with Crippen molar-refractivity contribution in [3.8, 4) is 0 Å². The van der Waals surface area contributed by atoms with Gasteiger partial charge in [-0.1, -0.05) is 29.3 Å². The average molecular weight is 356 g/mol. The number of amides is 1. The van der Waals surface area contributed by atoms with Crippen LogP contribution in [0.25, 0.3) is 0 Å². The van der Waals surface area contributed by atoms with Gasteiger partial charge in [0.25, 0.3) is 0 Å². The predicted octanol–water partition coefficient (Wildman–Crippen LogP) is 2.87. The number of halogens is 3. The quantitative estimate of drug-likeness (QED) is 0.705. The van der Waals surface area contributed by atoms with Crippen LogP contribution in [0.2, 0.25) is 10.0 Å². The van der Waals surface area contributed by atoms with Crippen molar-refractivity contribution in [3.63, 3.8) is 0 Å². The van der Waals surface area contributed by atoms with Crippen LogP contribution in [-0.2, 0) is 9.53 Å². The smallest absolute Gasteiger partial charge is 0.227 e. The van der Waals surface area contributed by atoms with Crippen molar-refractivity contribution in [3.05, 3.63) is 33.8 Å². The Morgan fingerprint density at radius 2 is 1.95 bits per heavy atom. The fourth-order valence-corrected chi connectivity index (χ4v) is 1.97. The SMILES string of the molecule is COCCNCCNC(=O)C(C)c1ccc(Cl)c(Cl)c1.Cl. The van der Waals surface area contributed by atoms with E-state index in [-0.39, 0.29) is 24.2 Å². The molecule has 0 aliphatic heterocycles. The molecule has 21 heavy (non-hydrogen) atoms. The molecule has 2 N–H and O–H groups in total. The predicted molar refractivity (Wildman–Crippen MR) is 89.9 cm³/mol. The minimum absolute atomic E-state index is 0. The molecule has 0 bridgehead atoms. The molecule has 1 unspecified atom stereocenters. The molecule has 1 rings (SSSR count). The Labute approximate surface area is 141 Å². The fraction of sp³-hybridized carbons (Fsp3) is 0.500. The second-order valence-corrected chi connectivity index (χ2v) is 5.24. The summed E-state index contributed by atoms with van der Waals surface area (Å²) in [5, 5.41) is 6.99.